The van der Waals surface area contributed by atoms with E-state index in [1.54, 1.807) is 16.9 Å². The third-order valence-electron chi connectivity index (χ3n) is 1.61. The minimum Gasteiger partial charge on any atom is -0.238 e. The summed E-state index contributed by atoms with van der Waals surface area (Å²) in [6.45, 7) is 0. The predicted molar refractivity (Wildman–Crippen MR) is 47.6 cm³/mol. The number of hydrogen-bond acceptors (Lipinski definition) is 2. The zero-order valence-corrected chi connectivity index (χ0v) is 7.62. The summed E-state index contributed by atoms with van der Waals surface area (Å²) in [6.07, 6.45) is 3.36. The van der Waals surface area contributed by atoms with Gasteiger partial charge in [-0.25, -0.2) is 4.52 Å². The largest absolute Gasteiger partial charge is 0.238 e. The van der Waals surface area contributed by atoms with E-state index < -0.39 is 0 Å². The van der Waals surface area contributed by atoms with Crippen LogP contribution in [-0.2, 0) is 0 Å². The molecule has 2 aromatic rings. The Labute approximate surface area is 77.4 Å². The molecule has 3 nitrogen and oxygen atoms in total. The average Bonchev–Trinajstić information content (AvgIpc) is 2.49. The van der Waals surface area contributed by atoms with E-state index in [2.05, 4.69) is 27.1 Å². The van der Waals surface area contributed by atoms with Crippen LogP contribution in [0, 0.1) is 11.3 Å². The van der Waals surface area contributed by atoms with E-state index in [0.717, 1.165) is 9.99 Å². The number of rotatable bonds is 0. The van der Waals surface area contributed by atoms with Gasteiger partial charge in [0.25, 0.3) is 0 Å². The standard InChI is InChI=1S/C8H4BrN3/c9-7-2-1-3-12-8(7)6(4-10)5-11-12/h1-3,5H. The molecule has 0 amide bonds. The molecule has 58 valence electrons. The van der Waals surface area contributed by atoms with Gasteiger partial charge >= 0.3 is 0 Å². The van der Waals surface area contributed by atoms with Crippen LogP contribution >= 0.6 is 15.9 Å². The molecule has 2 heterocycles. The second kappa shape index (κ2) is 2.61. The fraction of sp³-hybridized carbons (Fsp3) is 0. The topological polar surface area (TPSA) is 41.1 Å². The third-order valence-corrected chi connectivity index (χ3v) is 2.25. The van der Waals surface area contributed by atoms with Crippen LogP contribution in [-0.4, -0.2) is 9.61 Å². The van der Waals surface area contributed by atoms with E-state index in [0.29, 0.717) is 5.56 Å². The number of fused-ring (bicyclic) bond motifs is 1. The molecule has 0 unspecified atom stereocenters. The quantitative estimate of drug-likeness (QED) is 0.683. The molecule has 0 saturated carbocycles. The van der Waals surface area contributed by atoms with E-state index in [4.69, 9.17) is 5.26 Å². The highest BCUT2D eigenvalue weighted by Gasteiger charge is 2.04. The van der Waals surface area contributed by atoms with Crippen molar-refractivity contribution in [1.29, 1.82) is 5.26 Å². The second-order valence-electron chi connectivity index (χ2n) is 2.32. The maximum atomic E-state index is 8.72. The molecule has 0 fully saturated rings. The summed E-state index contributed by atoms with van der Waals surface area (Å²) in [7, 11) is 0. The van der Waals surface area contributed by atoms with Crippen LogP contribution in [0.5, 0.6) is 0 Å². The first-order chi connectivity index (χ1) is 5.83. The number of nitriles is 1. The summed E-state index contributed by atoms with van der Waals surface area (Å²) in [6, 6.07) is 5.83. The number of pyridine rings is 1. The van der Waals surface area contributed by atoms with Gasteiger partial charge in [0.05, 0.1) is 17.3 Å². The van der Waals surface area contributed by atoms with Crippen molar-refractivity contribution in [3.63, 3.8) is 0 Å². The Morgan fingerprint density at radius 2 is 2.42 bits per heavy atom. The fourth-order valence-electron chi connectivity index (χ4n) is 1.08. The smallest absolute Gasteiger partial charge is 0.103 e. The monoisotopic (exact) mass is 221 g/mol. The first kappa shape index (κ1) is 7.32. The van der Waals surface area contributed by atoms with Crippen LogP contribution in [0.1, 0.15) is 5.56 Å². The molecule has 0 aliphatic heterocycles. The molecule has 0 bridgehead atoms. The Bertz CT molecular complexity index is 467. The Morgan fingerprint density at radius 1 is 1.58 bits per heavy atom. The molecule has 4 heteroatoms. The van der Waals surface area contributed by atoms with Crippen LogP contribution < -0.4 is 0 Å². The van der Waals surface area contributed by atoms with E-state index in [1.165, 1.54) is 0 Å². The maximum Gasteiger partial charge on any atom is 0.103 e. The van der Waals surface area contributed by atoms with Gasteiger partial charge < -0.3 is 0 Å². The molecule has 0 aliphatic rings. The molecule has 0 radical (unpaired) electrons. The van der Waals surface area contributed by atoms with Gasteiger partial charge in [0.15, 0.2) is 0 Å². The number of halogens is 1. The molecular formula is C8H4BrN3. The molecule has 0 saturated heterocycles. The Kier molecular flexibility index (Phi) is 1.59. The first-order valence-corrected chi connectivity index (χ1v) is 4.14. The van der Waals surface area contributed by atoms with Gasteiger partial charge in [-0.1, -0.05) is 0 Å². The molecule has 2 aromatic heterocycles. The lowest BCUT2D eigenvalue weighted by Gasteiger charge is -1.94. The van der Waals surface area contributed by atoms with Crippen LogP contribution in [0.25, 0.3) is 5.52 Å². The van der Waals surface area contributed by atoms with Gasteiger partial charge in [-0.3, -0.25) is 0 Å². The maximum absolute atomic E-state index is 8.72. The average molecular weight is 222 g/mol. The van der Waals surface area contributed by atoms with Crippen molar-refractivity contribution in [3.05, 3.63) is 34.6 Å². The van der Waals surface area contributed by atoms with Crippen LogP contribution in [0.3, 0.4) is 0 Å². The minimum atomic E-state index is 0.586. The van der Waals surface area contributed by atoms with Crippen LogP contribution in [0.15, 0.2) is 29.0 Å². The SMILES string of the molecule is N#Cc1cnn2cccc(Br)c12. The Morgan fingerprint density at radius 3 is 3.17 bits per heavy atom. The molecule has 2 rings (SSSR count). The van der Waals surface area contributed by atoms with Gasteiger partial charge in [-0.15, -0.1) is 0 Å². The predicted octanol–water partition coefficient (Wildman–Crippen LogP) is 1.97. The molecule has 0 aromatic carbocycles. The summed E-state index contributed by atoms with van der Waals surface area (Å²) >= 11 is 3.36. The van der Waals surface area contributed by atoms with Crippen molar-refractivity contribution in [2.45, 2.75) is 0 Å². The molecule has 0 spiro atoms. The molecule has 0 aliphatic carbocycles. The van der Waals surface area contributed by atoms with Crippen molar-refractivity contribution in [3.8, 4) is 6.07 Å². The van der Waals surface area contributed by atoms with Crippen molar-refractivity contribution in [1.82, 2.24) is 9.61 Å². The highest BCUT2D eigenvalue weighted by molar-refractivity contribution is 9.10. The number of aromatic nitrogens is 2. The van der Waals surface area contributed by atoms with Gasteiger partial charge in [-0.2, -0.15) is 10.4 Å². The summed E-state index contributed by atoms with van der Waals surface area (Å²) in [5.41, 5.74) is 1.41. The van der Waals surface area contributed by atoms with Gasteiger partial charge in [0.1, 0.15) is 6.07 Å². The first-order valence-electron chi connectivity index (χ1n) is 3.35. The molecular weight excluding hydrogens is 218 g/mol. The fourth-order valence-corrected chi connectivity index (χ4v) is 1.63. The van der Waals surface area contributed by atoms with Gasteiger partial charge in [0, 0.05) is 10.7 Å². The number of nitrogens with zero attached hydrogens (tertiary/aromatic N) is 3. The lowest BCUT2D eigenvalue weighted by Crippen LogP contribution is -1.85. The summed E-state index contributed by atoms with van der Waals surface area (Å²) < 4.78 is 2.56. The van der Waals surface area contributed by atoms with E-state index >= 15 is 0 Å². The highest BCUT2D eigenvalue weighted by atomic mass is 79.9. The lowest BCUT2D eigenvalue weighted by atomic mass is 10.3. The van der Waals surface area contributed by atoms with E-state index in [-0.39, 0.29) is 0 Å². The minimum absolute atomic E-state index is 0.586. The summed E-state index contributed by atoms with van der Waals surface area (Å²) in [5, 5.41) is 12.7. The molecule has 0 atom stereocenters. The van der Waals surface area contributed by atoms with Crippen molar-refractivity contribution >= 4 is 21.4 Å². The van der Waals surface area contributed by atoms with E-state index in [1.807, 2.05) is 12.1 Å². The van der Waals surface area contributed by atoms with Gasteiger partial charge in [0.2, 0.25) is 0 Å². The lowest BCUT2D eigenvalue weighted by molar-refractivity contribution is 0.958. The Balaban J connectivity index is 2.95. The third kappa shape index (κ3) is 0.908. The van der Waals surface area contributed by atoms with Crippen LogP contribution in [0.4, 0.5) is 0 Å². The zero-order chi connectivity index (χ0) is 8.55. The second-order valence-corrected chi connectivity index (χ2v) is 3.17. The van der Waals surface area contributed by atoms with Crippen molar-refractivity contribution < 1.29 is 0 Å². The summed E-state index contributed by atoms with van der Waals surface area (Å²) in [4.78, 5) is 0. The summed E-state index contributed by atoms with van der Waals surface area (Å²) in [5.74, 6) is 0. The highest BCUT2D eigenvalue weighted by Crippen LogP contribution is 2.20. The normalized spacial score (nSPS) is 10.0. The number of hydrogen-bond donors (Lipinski definition) is 0. The van der Waals surface area contributed by atoms with Gasteiger partial charge in [-0.05, 0) is 28.1 Å². The van der Waals surface area contributed by atoms with Crippen molar-refractivity contribution in [2.75, 3.05) is 0 Å². The van der Waals surface area contributed by atoms with Crippen LogP contribution in [0.2, 0.25) is 0 Å². The molecule has 0 N–H and O–H groups in total. The van der Waals surface area contributed by atoms with E-state index in [9.17, 15) is 0 Å². The zero-order valence-electron chi connectivity index (χ0n) is 6.03. The molecule has 12 heavy (non-hydrogen) atoms. The van der Waals surface area contributed by atoms with Crippen molar-refractivity contribution in [2.24, 2.45) is 0 Å². The Hall–Kier alpha value is -1.34.